The molecule has 3 nitrogen and oxygen atoms in total. The minimum Gasteiger partial charge on any atom is -0.364 e. The van der Waals surface area contributed by atoms with Crippen LogP contribution in [0.3, 0.4) is 0 Å². The summed E-state index contributed by atoms with van der Waals surface area (Å²) in [6.07, 6.45) is 1.17. The minimum absolute atomic E-state index is 0.447. The molecule has 0 atom stereocenters. The van der Waals surface area contributed by atoms with Crippen LogP contribution >= 0.6 is 0 Å². The van der Waals surface area contributed by atoms with Gasteiger partial charge in [0.05, 0.1) is 13.1 Å². The Morgan fingerprint density at radius 3 is 1.80 bits per heavy atom. The van der Waals surface area contributed by atoms with Crippen molar-refractivity contribution in [2.45, 2.75) is 13.1 Å². The van der Waals surface area contributed by atoms with E-state index in [-0.39, 0.29) is 0 Å². The predicted molar refractivity (Wildman–Crippen MR) is 78.4 cm³/mol. The maximum Gasteiger partial charge on any atom is 0.349 e. The summed E-state index contributed by atoms with van der Waals surface area (Å²) in [6, 6.07) is 19.8. The second-order valence-electron chi connectivity index (χ2n) is 4.38. The smallest absolute Gasteiger partial charge is 0.349 e. The van der Waals surface area contributed by atoms with Gasteiger partial charge in [-0.05, 0) is 11.1 Å². The van der Waals surface area contributed by atoms with Crippen molar-refractivity contribution in [2.75, 3.05) is 0 Å². The Morgan fingerprint density at radius 1 is 0.950 bits per heavy atom. The van der Waals surface area contributed by atoms with Gasteiger partial charge >= 0.3 is 5.97 Å². The van der Waals surface area contributed by atoms with E-state index in [1.807, 2.05) is 60.7 Å². The lowest BCUT2D eigenvalue weighted by molar-refractivity contribution is -0.190. The average molecular weight is 267 g/mol. The number of rotatable bonds is 6. The fourth-order valence-corrected chi connectivity index (χ4v) is 1.86. The molecule has 0 aliphatic heterocycles. The summed E-state index contributed by atoms with van der Waals surface area (Å²) in [5.41, 5.74) is 2.17. The maximum atomic E-state index is 11.4. The Kier molecular flexibility index (Phi) is 5.09. The Bertz CT molecular complexity index is 510. The van der Waals surface area contributed by atoms with E-state index in [4.69, 9.17) is 4.84 Å². The van der Waals surface area contributed by atoms with Crippen molar-refractivity contribution in [3.05, 3.63) is 84.4 Å². The monoisotopic (exact) mass is 267 g/mol. The van der Waals surface area contributed by atoms with Crippen molar-refractivity contribution < 1.29 is 9.63 Å². The van der Waals surface area contributed by atoms with Crippen molar-refractivity contribution in [1.82, 2.24) is 5.06 Å². The molecule has 0 aromatic heterocycles. The van der Waals surface area contributed by atoms with Gasteiger partial charge in [0.25, 0.3) is 0 Å². The molecule has 0 amide bonds. The summed E-state index contributed by atoms with van der Waals surface area (Å²) in [5.74, 6) is -0.447. The van der Waals surface area contributed by atoms with Crippen LogP contribution in [-0.4, -0.2) is 11.0 Å². The molecule has 0 saturated heterocycles. The predicted octanol–water partition coefficient (Wildman–Crippen LogP) is 3.33. The van der Waals surface area contributed by atoms with Crippen molar-refractivity contribution in [1.29, 1.82) is 0 Å². The van der Waals surface area contributed by atoms with Gasteiger partial charge in [0.1, 0.15) is 0 Å². The summed E-state index contributed by atoms with van der Waals surface area (Å²) in [7, 11) is 0. The van der Waals surface area contributed by atoms with Gasteiger partial charge in [-0.3, -0.25) is 0 Å². The van der Waals surface area contributed by atoms with Gasteiger partial charge in [-0.2, -0.15) is 0 Å². The zero-order valence-electron chi connectivity index (χ0n) is 11.2. The summed E-state index contributed by atoms with van der Waals surface area (Å²) in [5, 5.41) is 1.63. The molecular formula is C17H17NO2. The first-order chi connectivity index (χ1) is 9.78. The Balaban J connectivity index is 2.08. The lowest BCUT2D eigenvalue weighted by Gasteiger charge is -2.20. The van der Waals surface area contributed by atoms with E-state index in [0.717, 1.165) is 11.1 Å². The number of nitrogens with zero attached hydrogens (tertiary/aromatic N) is 1. The highest BCUT2D eigenvalue weighted by Gasteiger charge is 2.11. The molecule has 0 N–H and O–H groups in total. The quantitative estimate of drug-likeness (QED) is 0.594. The van der Waals surface area contributed by atoms with Crippen LogP contribution in [0.15, 0.2) is 73.3 Å². The summed E-state index contributed by atoms with van der Waals surface area (Å²) in [6.45, 7) is 4.50. The van der Waals surface area contributed by atoms with Gasteiger partial charge in [0.2, 0.25) is 0 Å². The molecule has 0 heterocycles. The van der Waals surface area contributed by atoms with Gasteiger partial charge in [-0.1, -0.05) is 67.2 Å². The van der Waals surface area contributed by atoms with Crippen LogP contribution < -0.4 is 0 Å². The second-order valence-corrected chi connectivity index (χ2v) is 4.38. The maximum absolute atomic E-state index is 11.4. The molecule has 2 aromatic carbocycles. The lowest BCUT2D eigenvalue weighted by Crippen LogP contribution is -2.25. The number of hydrogen-bond acceptors (Lipinski definition) is 3. The summed E-state index contributed by atoms with van der Waals surface area (Å²) < 4.78 is 0. The SMILES string of the molecule is C=CC(=O)ON(Cc1ccccc1)Cc1ccccc1. The first-order valence-electron chi connectivity index (χ1n) is 6.45. The highest BCUT2D eigenvalue weighted by Crippen LogP contribution is 2.10. The normalized spacial score (nSPS) is 10.2. The third-order valence-corrected chi connectivity index (χ3v) is 2.79. The molecule has 3 heteroatoms. The van der Waals surface area contributed by atoms with E-state index in [2.05, 4.69) is 6.58 Å². The first kappa shape index (κ1) is 14.0. The van der Waals surface area contributed by atoms with E-state index < -0.39 is 5.97 Å². The van der Waals surface area contributed by atoms with Crippen molar-refractivity contribution in [3.63, 3.8) is 0 Å². The average Bonchev–Trinajstić information content (AvgIpc) is 2.49. The van der Waals surface area contributed by atoms with Gasteiger partial charge < -0.3 is 4.84 Å². The van der Waals surface area contributed by atoms with Crippen LogP contribution in [0.25, 0.3) is 0 Å². The van der Waals surface area contributed by atoms with Gasteiger partial charge in [-0.15, -0.1) is 5.06 Å². The third kappa shape index (κ3) is 4.37. The van der Waals surface area contributed by atoms with Crippen LogP contribution in [0.2, 0.25) is 0 Å². The van der Waals surface area contributed by atoms with Crippen molar-refractivity contribution in [3.8, 4) is 0 Å². The molecule has 0 fully saturated rings. The highest BCUT2D eigenvalue weighted by atomic mass is 16.7. The van der Waals surface area contributed by atoms with E-state index in [1.165, 1.54) is 6.08 Å². The molecule has 0 spiro atoms. The van der Waals surface area contributed by atoms with E-state index in [1.54, 1.807) is 5.06 Å². The standard InChI is InChI=1S/C17H17NO2/c1-2-17(19)20-18(13-15-9-5-3-6-10-15)14-16-11-7-4-8-12-16/h2-12H,1,13-14H2. The molecular weight excluding hydrogens is 250 g/mol. The molecule has 20 heavy (non-hydrogen) atoms. The Labute approximate surface area is 119 Å². The zero-order valence-corrected chi connectivity index (χ0v) is 11.2. The third-order valence-electron chi connectivity index (χ3n) is 2.79. The zero-order chi connectivity index (χ0) is 14.2. The Morgan fingerprint density at radius 2 is 1.40 bits per heavy atom. The van der Waals surface area contributed by atoms with Gasteiger partial charge in [0, 0.05) is 6.08 Å². The van der Waals surface area contributed by atoms with Gasteiger partial charge in [-0.25, -0.2) is 4.79 Å². The number of carbonyl (C=O) groups is 1. The van der Waals surface area contributed by atoms with Gasteiger partial charge in [0.15, 0.2) is 0 Å². The van der Waals surface area contributed by atoms with Crippen molar-refractivity contribution in [2.24, 2.45) is 0 Å². The fourth-order valence-electron chi connectivity index (χ4n) is 1.86. The first-order valence-corrected chi connectivity index (χ1v) is 6.45. The second kappa shape index (κ2) is 7.26. The van der Waals surface area contributed by atoms with Crippen LogP contribution in [0.1, 0.15) is 11.1 Å². The fraction of sp³-hybridized carbons (Fsp3) is 0.118. The van der Waals surface area contributed by atoms with E-state index in [0.29, 0.717) is 13.1 Å². The largest absolute Gasteiger partial charge is 0.364 e. The molecule has 0 radical (unpaired) electrons. The topological polar surface area (TPSA) is 29.5 Å². The molecule has 0 aliphatic carbocycles. The van der Waals surface area contributed by atoms with Crippen LogP contribution in [-0.2, 0) is 22.7 Å². The number of benzene rings is 2. The van der Waals surface area contributed by atoms with E-state index in [9.17, 15) is 4.79 Å². The highest BCUT2D eigenvalue weighted by molar-refractivity contribution is 5.80. The number of hydrogen-bond donors (Lipinski definition) is 0. The molecule has 0 aliphatic rings. The van der Waals surface area contributed by atoms with Crippen LogP contribution in [0.5, 0.6) is 0 Å². The molecule has 0 bridgehead atoms. The molecule has 0 saturated carbocycles. The van der Waals surface area contributed by atoms with E-state index >= 15 is 0 Å². The minimum atomic E-state index is -0.447. The number of hydroxylamine groups is 2. The molecule has 0 unspecified atom stereocenters. The van der Waals surface area contributed by atoms with Crippen molar-refractivity contribution >= 4 is 5.97 Å². The lowest BCUT2D eigenvalue weighted by atomic mass is 10.2. The number of carbonyl (C=O) groups excluding carboxylic acids is 1. The molecule has 102 valence electrons. The summed E-state index contributed by atoms with van der Waals surface area (Å²) in [4.78, 5) is 16.7. The molecule has 2 aromatic rings. The van der Waals surface area contributed by atoms with Crippen LogP contribution in [0.4, 0.5) is 0 Å². The van der Waals surface area contributed by atoms with Crippen LogP contribution in [0, 0.1) is 0 Å². The summed E-state index contributed by atoms with van der Waals surface area (Å²) >= 11 is 0. The molecule has 2 rings (SSSR count). The Hall–Kier alpha value is -2.39.